The summed E-state index contributed by atoms with van der Waals surface area (Å²) < 4.78 is 44.0. The van der Waals surface area contributed by atoms with Crippen LogP contribution < -0.4 is 10.1 Å². The molecule has 0 radical (unpaired) electrons. The van der Waals surface area contributed by atoms with Gasteiger partial charge in [-0.15, -0.1) is 0 Å². The lowest BCUT2D eigenvalue weighted by Crippen LogP contribution is -2.09. The molecule has 0 bridgehead atoms. The molecule has 1 aliphatic rings. The van der Waals surface area contributed by atoms with Crippen LogP contribution in [0.15, 0.2) is 52.3 Å². The van der Waals surface area contributed by atoms with Gasteiger partial charge in [0.1, 0.15) is 11.6 Å². The molecule has 0 aromatic heterocycles. The summed E-state index contributed by atoms with van der Waals surface area (Å²) in [7, 11) is -2.24. The number of benzene rings is 2. The van der Waals surface area contributed by atoms with Crippen LogP contribution in [0, 0.1) is 5.82 Å². The Kier molecular flexibility index (Phi) is 4.37. The summed E-state index contributed by atoms with van der Waals surface area (Å²) in [4.78, 5) is 0.0458. The Labute approximate surface area is 135 Å². The summed E-state index contributed by atoms with van der Waals surface area (Å²) in [6.07, 6.45) is 0.992. The molecule has 1 saturated heterocycles. The Hall–Kier alpha value is -1.92. The molecular formula is C17H18FNO3S. The molecule has 1 aliphatic heterocycles. The lowest BCUT2D eigenvalue weighted by molar-refractivity contribution is 0.405. The average molecular weight is 335 g/mol. The van der Waals surface area contributed by atoms with Gasteiger partial charge >= 0.3 is 0 Å². The Morgan fingerprint density at radius 3 is 2.61 bits per heavy atom. The molecule has 2 aromatic carbocycles. The van der Waals surface area contributed by atoms with E-state index in [9.17, 15) is 12.8 Å². The molecule has 23 heavy (non-hydrogen) atoms. The van der Waals surface area contributed by atoms with Gasteiger partial charge in [-0.3, -0.25) is 0 Å². The second-order valence-electron chi connectivity index (χ2n) is 5.55. The molecular weight excluding hydrogens is 317 g/mol. The van der Waals surface area contributed by atoms with Crippen molar-refractivity contribution < 1.29 is 17.5 Å². The largest absolute Gasteiger partial charge is 0.496 e. The fourth-order valence-corrected chi connectivity index (χ4v) is 4.19. The minimum Gasteiger partial charge on any atom is -0.496 e. The van der Waals surface area contributed by atoms with Gasteiger partial charge in [0.25, 0.3) is 0 Å². The van der Waals surface area contributed by atoms with Crippen molar-refractivity contribution in [3.8, 4) is 5.75 Å². The monoisotopic (exact) mass is 335 g/mol. The molecule has 3 rings (SSSR count). The molecule has 6 heteroatoms. The van der Waals surface area contributed by atoms with Crippen LogP contribution in [0.25, 0.3) is 0 Å². The van der Waals surface area contributed by atoms with Crippen molar-refractivity contribution in [2.75, 3.05) is 20.2 Å². The van der Waals surface area contributed by atoms with Gasteiger partial charge in [0.2, 0.25) is 9.84 Å². The third kappa shape index (κ3) is 3.09. The molecule has 1 heterocycles. The van der Waals surface area contributed by atoms with Crippen molar-refractivity contribution in [1.29, 1.82) is 0 Å². The molecule has 1 atom stereocenters. The Balaban J connectivity index is 2.03. The molecule has 0 amide bonds. The van der Waals surface area contributed by atoms with Gasteiger partial charge < -0.3 is 10.1 Å². The molecule has 1 fully saturated rings. The first-order valence-corrected chi connectivity index (χ1v) is 8.90. The van der Waals surface area contributed by atoms with E-state index in [2.05, 4.69) is 5.32 Å². The molecule has 0 spiro atoms. The highest BCUT2D eigenvalue weighted by Crippen LogP contribution is 2.34. The van der Waals surface area contributed by atoms with E-state index in [1.807, 2.05) is 0 Å². The quantitative estimate of drug-likeness (QED) is 0.933. The molecule has 0 aliphatic carbocycles. The normalized spacial score (nSPS) is 18.1. The van der Waals surface area contributed by atoms with Crippen molar-refractivity contribution in [2.45, 2.75) is 22.1 Å². The molecule has 2 aromatic rings. The van der Waals surface area contributed by atoms with E-state index < -0.39 is 15.7 Å². The summed E-state index contributed by atoms with van der Waals surface area (Å²) in [5.41, 5.74) is 0.996. The number of methoxy groups -OCH3 is 1. The van der Waals surface area contributed by atoms with Crippen LogP contribution in [-0.2, 0) is 9.84 Å². The van der Waals surface area contributed by atoms with Crippen molar-refractivity contribution in [3.05, 3.63) is 53.8 Å². The topological polar surface area (TPSA) is 55.4 Å². The molecule has 122 valence electrons. The Bertz CT molecular complexity index is 814. The number of nitrogens with one attached hydrogen (secondary N) is 1. The Morgan fingerprint density at radius 2 is 1.96 bits per heavy atom. The van der Waals surface area contributed by atoms with Crippen molar-refractivity contribution in [1.82, 2.24) is 5.32 Å². The number of hydrogen-bond acceptors (Lipinski definition) is 4. The third-order valence-corrected chi connectivity index (χ3v) is 5.87. The van der Waals surface area contributed by atoms with Gasteiger partial charge in [0.05, 0.1) is 16.9 Å². The minimum atomic E-state index is -3.77. The summed E-state index contributed by atoms with van der Waals surface area (Å²) in [6, 6.07) is 9.90. The second-order valence-corrected chi connectivity index (χ2v) is 7.50. The highest BCUT2D eigenvalue weighted by Gasteiger charge is 2.24. The zero-order chi connectivity index (χ0) is 16.4. The summed E-state index contributed by atoms with van der Waals surface area (Å²) in [5, 5.41) is 3.28. The van der Waals surface area contributed by atoms with Gasteiger partial charge in [-0.25, -0.2) is 12.8 Å². The van der Waals surface area contributed by atoms with Crippen LogP contribution in [-0.4, -0.2) is 28.6 Å². The van der Waals surface area contributed by atoms with Crippen LogP contribution >= 0.6 is 0 Å². The SMILES string of the molecule is COc1cc(S(=O)(=O)c2cccc(F)c2)ccc1C1CCNC1. The maximum Gasteiger partial charge on any atom is 0.206 e. The lowest BCUT2D eigenvalue weighted by Gasteiger charge is -2.15. The molecule has 1 unspecified atom stereocenters. The maximum absolute atomic E-state index is 13.3. The summed E-state index contributed by atoms with van der Waals surface area (Å²) in [6.45, 7) is 1.80. The van der Waals surface area contributed by atoms with Crippen molar-refractivity contribution in [2.24, 2.45) is 0 Å². The molecule has 4 nitrogen and oxygen atoms in total. The predicted octanol–water partition coefficient (Wildman–Crippen LogP) is 2.74. The lowest BCUT2D eigenvalue weighted by atomic mass is 9.97. The molecule has 0 saturated carbocycles. The highest BCUT2D eigenvalue weighted by atomic mass is 32.2. The number of ether oxygens (including phenoxy) is 1. The maximum atomic E-state index is 13.3. The first-order chi connectivity index (χ1) is 11.0. The zero-order valence-electron chi connectivity index (χ0n) is 12.8. The predicted molar refractivity (Wildman–Crippen MR) is 85.1 cm³/mol. The minimum absolute atomic E-state index is 0.0603. The number of rotatable bonds is 4. The number of halogens is 1. The van der Waals surface area contributed by atoms with E-state index >= 15 is 0 Å². The van der Waals surface area contributed by atoms with Crippen LogP contribution in [0.3, 0.4) is 0 Å². The second kappa shape index (κ2) is 6.29. The summed E-state index contributed by atoms with van der Waals surface area (Å²) >= 11 is 0. The number of sulfone groups is 1. The third-order valence-electron chi connectivity index (χ3n) is 4.12. The average Bonchev–Trinajstić information content (AvgIpc) is 3.08. The fourth-order valence-electron chi connectivity index (χ4n) is 2.89. The zero-order valence-corrected chi connectivity index (χ0v) is 13.6. The van der Waals surface area contributed by atoms with Crippen LogP contribution in [0.4, 0.5) is 4.39 Å². The van der Waals surface area contributed by atoms with Crippen molar-refractivity contribution in [3.63, 3.8) is 0 Å². The highest BCUT2D eigenvalue weighted by molar-refractivity contribution is 7.91. The van der Waals surface area contributed by atoms with Gasteiger partial charge in [-0.1, -0.05) is 12.1 Å². The van der Waals surface area contributed by atoms with Crippen LogP contribution in [0.5, 0.6) is 5.75 Å². The van der Waals surface area contributed by atoms with Crippen LogP contribution in [0.2, 0.25) is 0 Å². The number of hydrogen-bond donors (Lipinski definition) is 1. The van der Waals surface area contributed by atoms with E-state index in [0.717, 1.165) is 31.1 Å². The first kappa shape index (κ1) is 16.0. The van der Waals surface area contributed by atoms with Crippen LogP contribution in [0.1, 0.15) is 17.9 Å². The van der Waals surface area contributed by atoms with Gasteiger partial charge in [-0.2, -0.15) is 0 Å². The van der Waals surface area contributed by atoms with E-state index in [1.54, 1.807) is 12.1 Å². The van der Waals surface area contributed by atoms with Gasteiger partial charge in [0, 0.05) is 12.5 Å². The first-order valence-electron chi connectivity index (χ1n) is 7.41. The summed E-state index contributed by atoms with van der Waals surface area (Å²) in [5.74, 6) is 0.291. The van der Waals surface area contributed by atoms with E-state index in [-0.39, 0.29) is 9.79 Å². The van der Waals surface area contributed by atoms with Gasteiger partial charge in [0.15, 0.2) is 0 Å². The molecule has 1 N–H and O–H groups in total. The smallest absolute Gasteiger partial charge is 0.206 e. The fraction of sp³-hybridized carbons (Fsp3) is 0.294. The standard InChI is InChI=1S/C17H18FNO3S/c1-22-17-10-15(5-6-16(17)12-7-8-19-11-12)23(20,21)14-4-2-3-13(18)9-14/h2-6,9-10,12,19H,7-8,11H2,1H3. The van der Waals surface area contributed by atoms with Gasteiger partial charge in [-0.05, 0) is 48.9 Å². The van der Waals surface area contributed by atoms with Crippen molar-refractivity contribution >= 4 is 9.84 Å². The Morgan fingerprint density at radius 1 is 1.17 bits per heavy atom. The van der Waals surface area contributed by atoms with E-state index in [4.69, 9.17) is 4.74 Å². The van der Waals surface area contributed by atoms with E-state index in [1.165, 1.54) is 31.4 Å². The van der Waals surface area contributed by atoms with E-state index in [0.29, 0.717) is 11.7 Å².